The highest BCUT2D eigenvalue weighted by Gasteiger charge is 1.97. The summed E-state index contributed by atoms with van der Waals surface area (Å²) in [5.74, 6) is 0. The SMILES string of the molecule is CC(CCCCCN=C=O)N=C=O. The van der Waals surface area contributed by atoms with Gasteiger partial charge in [-0.25, -0.2) is 19.6 Å². The van der Waals surface area contributed by atoms with Gasteiger partial charge in [0.2, 0.25) is 12.2 Å². The lowest BCUT2D eigenvalue weighted by atomic mass is 10.1. The molecule has 0 aromatic rings. The Hall–Kier alpha value is -1.24. The van der Waals surface area contributed by atoms with Crippen LogP contribution in [0.5, 0.6) is 0 Å². The topological polar surface area (TPSA) is 58.9 Å². The minimum Gasteiger partial charge on any atom is -0.211 e. The van der Waals surface area contributed by atoms with E-state index in [9.17, 15) is 9.59 Å². The van der Waals surface area contributed by atoms with Crippen LogP contribution < -0.4 is 0 Å². The van der Waals surface area contributed by atoms with Crippen molar-refractivity contribution in [3.63, 3.8) is 0 Å². The Morgan fingerprint density at radius 1 is 1.15 bits per heavy atom. The molecule has 0 aliphatic heterocycles. The Bertz CT molecular complexity index is 216. The molecule has 0 aromatic carbocycles. The van der Waals surface area contributed by atoms with Gasteiger partial charge in [-0.05, 0) is 19.8 Å². The normalized spacial score (nSPS) is 11.2. The number of hydrogen-bond donors (Lipinski definition) is 0. The van der Waals surface area contributed by atoms with Crippen molar-refractivity contribution in [3.8, 4) is 0 Å². The summed E-state index contributed by atoms with van der Waals surface area (Å²) in [7, 11) is 0. The van der Waals surface area contributed by atoms with E-state index in [-0.39, 0.29) is 6.04 Å². The van der Waals surface area contributed by atoms with E-state index in [4.69, 9.17) is 0 Å². The maximum atomic E-state index is 9.84. The van der Waals surface area contributed by atoms with E-state index >= 15 is 0 Å². The Morgan fingerprint density at radius 3 is 2.54 bits per heavy atom. The van der Waals surface area contributed by atoms with E-state index in [0.29, 0.717) is 6.54 Å². The number of nitrogens with zero attached hydrogens (tertiary/aromatic N) is 2. The molecule has 4 nitrogen and oxygen atoms in total. The highest BCUT2D eigenvalue weighted by Crippen LogP contribution is 2.05. The summed E-state index contributed by atoms with van der Waals surface area (Å²) < 4.78 is 0. The van der Waals surface area contributed by atoms with E-state index in [2.05, 4.69) is 9.98 Å². The van der Waals surface area contributed by atoms with E-state index in [1.165, 1.54) is 12.2 Å². The average Bonchev–Trinajstić information content (AvgIpc) is 2.11. The maximum absolute atomic E-state index is 9.84. The monoisotopic (exact) mass is 182 g/mol. The van der Waals surface area contributed by atoms with Gasteiger partial charge < -0.3 is 0 Å². The maximum Gasteiger partial charge on any atom is 0.235 e. The van der Waals surface area contributed by atoms with Crippen LogP contribution in [-0.4, -0.2) is 24.7 Å². The van der Waals surface area contributed by atoms with Gasteiger partial charge in [0.1, 0.15) is 0 Å². The van der Waals surface area contributed by atoms with Gasteiger partial charge in [0.25, 0.3) is 0 Å². The average molecular weight is 182 g/mol. The fraction of sp³-hybridized carbons (Fsp3) is 0.778. The van der Waals surface area contributed by atoms with Crippen molar-refractivity contribution in [2.45, 2.75) is 38.6 Å². The molecular formula is C9H14N2O2. The van der Waals surface area contributed by atoms with Gasteiger partial charge in [-0.15, -0.1) is 0 Å². The van der Waals surface area contributed by atoms with E-state index < -0.39 is 0 Å². The van der Waals surface area contributed by atoms with Crippen LogP contribution in [-0.2, 0) is 9.59 Å². The van der Waals surface area contributed by atoms with Crippen molar-refractivity contribution in [1.29, 1.82) is 0 Å². The van der Waals surface area contributed by atoms with E-state index in [0.717, 1.165) is 25.7 Å². The first-order valence-corrected chi connectivity index (χ1v) is 4.42. The first-order valence-electron chi connectivity index (χ1n) is 4.42. The van der Waals surface area contributed by atoms with E-state index in [1.807, 2.05) is 6.92 Å². The lowest BCUT2D eigenvalue weighted by Gasteiger charge is -2.01. The fourth-order valence-corrected chi connectivity index (χ4v) is 1.01. The summed E-state index contributed by atoms with van der Waals surface area (Å²) in [4.78, 5) is 26.5. The number of hydrogen-bond acceptors (Lipinski definition) is 4. The van der Waals surface area contributed by atoms with Crippen LogP contribution in [0.2, 0.25) is 0 Å². The standard InChI is InChI=1S/C9H14N2O2/c1-9(11-8-13)5-3-2-4-6-10-7-12/h9H,2-6H2,1H3. The van der Waals surface area contributed by atoms with Crippen LogP contribution in [0.15, 0.2) is 9.98 Å². The number of rotatable bonds is 7. The molecule has 1 unspecified atom stereocenters. The largest absolute Gasteiger partial charge is 0.235 e. The highest BCUT2D eigenvalue weighted by molar-refractivity contribution is 5.33. The van der Waals surface area contributed by atoms with Crippen molar-refractivity contribution in [2.75, 3.05) is 6.54 Å². The fourth-order valence-electron chi connectivity index (χ4n) is 1.01. The first kappa shape index (κ1) is 11.8. The minimum atomic E-state index is 0.0621. The molecule has 0 N–H and O–H groups in total. The van der Waals surface area contributed by atoms with Crippen LogP contribution in [0.25, 0.3) is 0 Å². The third kappa shape index (κ3) is 8.67. The lowest BCUT2D eigenvalue weighted by Crippen LogP contribution is -1.96. The van der Waals surface area contributed by atoms with Gasteiger partial charge in [0.05, 0.1) is 12.6 Å². The molecule has 0 fully saturated rings. The molecule has 72 valence electrons. The highest BCUT2D eigenvalue weighted by atomic mass is 16.1. The van der Waals surface area contributed by atoms with Gasteiger partial charge in [0, 0.05) is 0 Å². The van der Waals surface area contributed by atoms with Crippen LogP contribution in [0.4, 0.5) is 0 Å². The Kier molecular flexibility index (Phi) is 8.01. The summed E-state index contributed by atoms with van der Waals surface area (Å²) in [5, 5.41) is 0. The molecular weight excluding hydrogens is 168 g/mol. The zero-order valence-electron chi connectivity index (χ0n) is 7.82. The van der Waals surface area contributed by atoms with E-state index in [1.54, 1.807) is 0 Å². The first-order chi connectivity index (χ1) is 6.31. The molecule has 0 saturated heterocycles. The number of isocyanates is 2. The summed E-state index contributed by atoms with van der Waals surface area (Å²) in [6, 6.07) is 0.0621. The molecule has 0 bridgehead atoms. The molecule has 13 heavy (non-hydrogen) atoms. The van der Waals surface area contributed by atoms with Gasteiger partial charge in [-0.3, -0.25) is 0 Å². The second-order valence-electron chi connectivity index (χ2n) is 2.89. The molecule has 0 rings (SSSR count). The quantitative estimate of drug-likeness (QED) is 0.341. The molecule has 0 aromatic heterocycles. The van der Waals surface area contributed by atoms with Crippen LogP contribution in [0.3, 0.4) is 0 Å². The van der Waals surface area contributed by atoms with Crippen molar-refractivity contribution < 1.29 is 9.59 Å². The molecule has 0 aliphatic rings. The van der Waals surface area contributed by atoms with Gasteiger partial charge >= 0.3 is 0 Å². The molecule has 0 radical (unpaired) electrons. The van der Waals surface area contributed by atoms with Crippen LogP contribution in [0, 0.1) is 0 Å². The summed E-state index contributed by atoms with van der Waals surface area (Å²) in [6.45, 7) is 2.43. The molecule has 4 heteroatoms. The van der Waals surface area contributed by atoms with Crippen LogP contribution in [0.1, 0.15) is 32.6 Å². The van der Waals surface area contributed by atoms with Crippen molar-refractivity contribution in [3.05, 3.63) is 0 Å². The van der Waals surface area contributed by atoms with Crippen molar-refractivity contribution in [2.24, 2.45) is 9.98 Å². The summed E-state index contributed by atoms with van der Waals surface area (Å²) >= 11 is 0. The third-order valence-electron chi connectivity index (χ3n) is 1.73. The lowest BCUT2D eigenvalue weighted by molar-refractivity contribution is 0.544. The summed E-state index contributed by atoms with van der Waals surface area (Å²) in [6.07, 6.45) is 6.82. The molecule has 0 amide bonds. The Balaban J connectivity index is 3.24. The summed E-state index contributed by atoms with van der Waals surface area (Å²) in [5.41, 5.74) is 0. The van der Waals surface area contributed by atoms with Crippen molar-refractivity contribution >= 4 is 12.2 Å². The number of aliphatic imine (C=N–C) groups is 2. The molecule has 0 spiro atoms. The van der Waals surface area contributed by atoms with Crippen LogP contribution >= 0.6 is 0 Å². The molecule has 0 heterocycles. The number of carbonyl (C=O) groups excluding carboxylic acids is 2. The second kappa shape index (κ2) is 8.85. The smallest absolute Gasteiger partial charge is 0.211 e. The molecule has 0 saturated carbocycles. The minimum absolute atomic E-state index is 0.0621. The molecule has 0 aliphatic carbocycles. The van der Waals surface area contributed by atoms with Gasteiger partial charge in [0.15, 0.2) is 0 Å². The van der Waals surface area contributed by atoms with Gasteiger partial charge in [-0.2, -0.15) is 0 Å². The number of unbranched alkanes of at least 4 members (excludes halogenated alkanes) is 2. The zero-order chi connectivity index (χ0) is 9.94. The zero-order valence-corrected chi connectivity index (χ0v) is 7.82. The molecule has 1 atom stereocenters. The second-order valence-corrected chi connectivity index (χ2v) is 2.89. The predicted molar refractivity (Wildman–Crippen MR) is 49.0 cm³/mol. The Labute approximate surface area is 77.8 Å². The van der Waals surface area contributed by atoms with Crippen molar-refractivity contribution in [1.82, 2.24) is 0 Å². The third-order valence-corrected chi connectivity index (χ3v) is 1.73. The van der Waals surface area contributed by atoms with Gasteiger partial charge in [-0.1, -0.05) is 12.8 Å². The predicted octanol–water partition coefficient (Wildman–Crippen LogP) is 1.61. The Morgan fingerprint density at radius 2 is 1.92 bits per heavy atom.